The molecule has 0 bridgehead atoms. The Morgan fingerprint density at radius 3 is 2.10 bits per heavy atom. The Hall–Kier alpha value is -3.21. The molecule has 2 aromatic carbocycles. The molecule has 30 heavy (non-hydrogen) atoms. The van der Waals surface area contributed by atoms with E-state index in [0.29, 0.717) is 5.56 Å². The summed E-state index contributed by atoms with van der Waals surface area (Å²) in [5, 5.41) is 11.7. The fourth-order valence-corrected chi connectivity index (χ4v) is 3.64. The van der Waals surface area contributed by atoms with Crippen molar-refractivity contribution in [1.29, 1.82) is 0 Å². The van der Waals surface area contributed by atoms with E-state index in [1.54, 1.807) is 0 Å². The molecule has 1 N–H and O–H groups in total. The van der Waals surface area contributed by atoms with Gasteiger partial charge >= 0.3 is 0 Å². The Morgan fingerprint density at radius 2 is 1.53 bits per heavy atom. The van der Waals surface area contributed by atoms with Gasteiger partial charge in [0, 0.05) is 29.9 Å². The SMILES string of the molecule is CC(C)(C)c1ccc(C(=O)Nc2ccc(-c3ccc(N4CCCC4)nn3)cc2)cc1. The highest BCUT2D eigenvalue weighted by Crippen LogP contribution is 2.24. The number of benzene rings is 2. The summed E-state index contributed by atoms with van der Waals surface area (Å²) < 4.78 is 0. The van der Waals surface area contributed by atoms with Crippen LogP contribution in [0.3, 0.4) is 0 Å². The quantitative estimate of drug-likeness (QED) is 0.646. The lowest BCUT2D eigenvalue weighted by atomic mass is 9.87. The molecular formula is C25H28N4O. The molecule has 2 heterocycles. The first-order chi connectivity index (χ1) is 14.4. The fraction of sp³-hybridized carbons (Fsp3) is 0.320. The third-order valence-electron chi connectivity index (χ3n) is 5.53. The highest BCUT2D eigenvalue weighted by molar-refractivity contribution is 6.04. The van der Waals surface area contributed by atoms with Gasteiger partial charge in [-0.25, -0.2) is 0 Å². The maximum absolute atomic E-state index is 12.6. The number of nitrogens with zero attached hydrogens (tertiary/aromatic N) is 3. The van der Waals surface area contributed by atoms with Gasteiger partial charge in [0.05, 0.1) is 5.69 Å². The van der Waals surface area contributed by atoms with Crippen molar-refractivity contribution in [3.05, 3.63) is 71.8 Å². The number of hydrogen-bond donors (Lipinski definition) is 1. The molecule has 1 saturated heterocycles. The van der Waals surface area contributed by atoms with Gasteiger partial charge in [0.15, 0.2) is 5.82 Å². The standard InChI is InChI=1S/C25H28N4O/c1-25(2,3)20-10-6-19(7-11-20)24(30)26-21-12-8-18(9-13-21)22-14-15-23(28-27-22)29-16-4-5-17-29/h6-15H,4-5,16-17H2,1-3H3,(H,26,30). The Morgan fingerprint density at radius 1 is 0.867 bits per heavy atom. The summed E-state index contributed by atoms with van der Waals surface area (Å²) in [5.74, 6) is 0.829. The molecule has 1 fully saturated rings. The lowest BCUT2D eigenvalue weighted by molar-refractivity contribution is 0.102. The first kappa shape index (κ1) is 20.1. The smallest absolute Gasteiger partial charge is 0.255 e. The van der Waals surface area contributed by atoms with Crippen molar-refractivity contribution in [2.75, 3.05) is 23.3 Å². The summed E-state index contributed by atoms with van der Waals surface area (Å²) in [5.41, 5.74) is 4.48. The van der Waals surface area contributed by atoms with Crippen LogP contribution in [0, 0.1) is 0 Å². The van der Waals surface area contributed by atoms with E-state index >= 15 is 0 Å². The number of anilines is 2. The van der Waals surface area contributed by atoms with Crippen molar-refractivity contribution in [2.45, 2.75) is 39.0 Å². The summed E-state index contributed by atoms with van der Waals surface area (Å²) in [6.45, 7) is 8.60. The number of carbonyl (C=O) groups excluding carboxylic acids is 1. The van der Waals surface area contributed by atoms with Crippen molar-refractivity contribution >= 4 is 17.4 Å². The molecule has 1 aliphatic heterocycles. The van der Waals surface area contributed by atoms with E-state index in [1.807, 2.05) is 60.7 Å². The maximum Gasteiger partial charge on any atom is 0.255 e. The molecule has 154 valence electrons. The molecule has 5 nitrogen and oxygen atoms in total. The van der Waals surface area contributed by atoms with Crippen LogP contribution in [0.25, 0.3) is 11.3 Å². The molecule has 0 atom stereocenters. The van der Waals surface area contributed by atoms with E-state index in [-0.39, 0.29) is 11.3 Å². The van der Waals surface area contributed by atoms with Crippen LogP contribution in [0.15, 0.2) is 60.7 Å². The van der Waals surface area contributed by atoms with Gasteiger partial charge in [0.2, 0.25) is 0 Å². The molecule has 0 radical (unpaired) electrons. The molecule has 0 spiro atoms. The summed E-state index contributed by atoms with van der Waals surface area (Å²) in [6, 6.07) is 19.5. The van der Waals surface area contributed by atoms with Crippen LogP contribution in [-0.4, -0.2) is 29.2 Å². The van der Waals surface area contributed by atoms with E-state index in [4.69, 9.17) is 0 Å². The minimum absolute atomic E-state index is 0.0698. The van der Waals surface area contributed by atoms with E-state index < -0.39 is 0 Å². The predicted molar refractivity (Wildman–Crippen MR) is 122 cm³/mol. The molecule has 1 aromatic heterocycles. The topological polar surface area (TPSA) is 58.1 Å². The van der Waals surface area contributed by atoms with E-state index in [2.05, 4.69) is 41.2 Å². The van der Waals surface area contributed by atoms with Crippen molar-refractivity contribution in [1.82, 2.24) is 10.2 Å². The zero-order valence-electron chi connectivity index (χ0n) is 17.9. The Balaban J connectivity index is 1.41. The molecule has 3 aromatic rings. The van der Waals surface area contributed by atoms with Crippen molar-refractivity contribution in [2.24, 2.45) is 0 Å². The molecule has 0 aliphatic carbocycles. The van der Waals surface area contributed by atoms with Crippen LogP contribution in [0.1, 0.15) is 49.5 Å². The summed E-state index contributed by atoms with van der Waals surface area (Å²) in [7, 11) is 0. The number of carbonyl (C=O) groups is 1. The van der Waals surface area contributed by atoms with Gasteiger partial charge in [-0.3, -0.25) is 4.79 Å². The minimum atomic E-state index is -0.113. The molecule has 0 unspecified atom stereocenters. The molecule has 1 amide bonds. The zero-order valence-corrected chi connectivity index (χ0v) is 17.9. The molecule has 0 saturated carbocycles. The van der Waals surface area contributed by atoms with Crippen LogP contribution in [0.2, 0.25) is 0 Å². The molecule has 1 aliphatic rings. The van der Waals surface area contributed by atoms with Gasteiger partial charge in [-0.05, 0) is 60.2 Å². The van der Waals surface area contributed by atoms with Gasteiger partial charge in [-0.2, -0.15) is 0 Å². The third-order valence-corrected chi connectivity index (χ3v) is 5.53. The lowest BCUT2D eigenvalue weighted by Crippen LogP contribution is -2.19. The Bertz CT molecular complexity index is 997. The largest absolute Gasteiger partial charge is 0.355 e. The van der Waals surface area contributed by atoms with Crippen LogP contribution >= 0.6 is 0 Å². The minimum Gasteiger partial charge on any atom is -0.355 e. The first-order valence-electron chi connectivity index (χ1n) is 10.5. The average molecular weight is 401 g/mol. The summed E-state index contributed by atoms with van der Waals surface area (Å²) in [4.78, 5) is 14.8. The van der Waals surface area contributed by atoms with Crippen LogP contribution in [-0.2, 0) is 5.41 Å². The first-order valence-corrected chi connectivity index (χ1v) is 10.5. The number of hydrogen-bond acceptors (Lipinski definition) is 4. The second-order valence-electron chi connectivity index (χ2n) is 8.83. The predicted octanol–water partition coefficient (Wildman–Crippen LogP) is 5.29. The van der Waals surface area contributed by atoms with Crippen molar-refractivity contribution in [3.63, 3.8) is 0 Å². The number of rotatable bonds is 4. The molecule has 5 heteroatoms. The van der Waals surface area contributed by atoms with E-state index in [1.165, 1.54) is 18.4 Å². The van der Waals surface area contributed by atoms with Gasteiger partial charge < -0.3 is 10.2 Å². The average Bonchev–Trinajstić information content (AvgIpc) is 3.29. The molecular weight excluding hydrogens is 372 g/mol. The second kappa shape index (κ2) is 8.27. The van der Waals surface area contributed by atoms with Crippen LogP contribution < -0.4 is 10.2 Å². The van der Waals surface area contributed by atoms with Gasteiger partial charge in [-0.1, -0.05) is 45.0 Å². The highest BCUT2D eigenvalue weighted by Gasteiger charge is 2.15. The zero-order chi connectivity index (χ0) is 21.1. The van der Waals surface area contributed by atoms with Crippen LogP contribution in [0.5, 0.6) is 0 Å². The van der Waals surface area contributed by atoms with Crippen LogP contribution in [0.4, 0.5) is 11.5 Å². The molecule has 4 rings (SSSR count). The Kier molecular flexibility index (Phi) is 5.53. The number of amides is 1. The summed E-state index contributed by atoms with van der Waals surface area (Å²) in [6.07, 6.45) is 2.44. The second-order valence-corrected chi connectivity index (χ2v) is 8.83. The fourth-order valence-electron chi connectivity index (χ4n) is 3.64. The highest BCUT2D eigenvalue weighted by atomic mass is 16.1. The monoisotopic (exact) mass is 400 g/mol. The normalized spacial score (nSPS) is 14.0. The summed E-state index contributed by atoms with van der Waals surface area (Å²) >= 11 is 0. The van der Waals surface area contributed by atoms with E-state index in [0.717, 1.165) is 35.9 Å². The third kappa shape index (κ3) is 4.51. The Labute approximate surface area is 178 Å². The number of aromatic nitrogens is 2. The van der Waals surface area contributed by atoms with Gasteiger partial charge in [-0.15, -0.1) is 10.2 Å². The van der Waals surface area contributed by atoms with E-state index in [9.17, 15) is 4.79 Å². The van der Waals surface area contributed by atoms with Crippen molar-refractivity contribution < 1.29 is 4.79 Å². The lowest BCUT2D eigenvalue weighted by Gasteiger charge is -2.19. The maximum atomic E-state index is 12.6. The van der Waals surface area contributed by atoms with Gasteiger partial charge in [0.25, 0.3) is 5.91 Å². The van der Waals surface area contributed by atoms with Gasteiger partial charge in [0.1, 0.15) is 0 Å². The van der Waals surface area contributed by atoms with Crippen molar-refractivity contribution in [3.8, 4) is 11.3 Å². The number of nitrogens with one attached hydrogen (secondary N) is 1.